The van der Waals surface area contributed by atoms with Gasteiger partial charge in [-0.15, -0.1) is 0 Å². The molecule has 0 aromatic heterocycles. The van der Waals surface area contributed by atoms with Crippen LogP contribution in [0.15, 0.2) is 29.3 Å². The van der Waals surface area contributed by atoms with E-state index in [4.69, 9.17) is 9.73 Å². The number of para-hydroxylation sites is 2. The fourth-order valence-corrected chi connectivity index (χ4v) is 3.13. The van der Waals surface area contributed by atoms with Gasteiger partial charge in [0.15, 0.2) is 5.96 Å². The van der Waals surface area contributed by atoms with E-state index in [1.165, 1.54) is 12.1 Å². The predicted molar refractivity (Wildman–Crippen MR) is 107 cm³/mol. The van der Waals surface area contributed by atoms with Gasteiger partial charge in [-0.2, -0.15) is 0 Å². The number of methoxy groups -OCH3 is 1. The summed E-state index contributed by atoms with van der Waals surface area (Å²) in [6, 6.07) is 8.27. The van der Waals surface area contributed by atoms with Crippen LogP contribution in [0, 0.1) is 11.8 Å². The van der Waals surface area contributed by atoms with Gasteiger partial charge < -0.3 is 20.3 Å². The molecule has 0 aliphatic carbocycles. The van der Waals surface area contributed by atoms with E-state index in [1.807, 2.05) is 12.1 Å². The summed E-state index contributed by atoms with van der Waals surface area (Å²) in [5, 5.41) is 6.79. The Balaban J connectivity index is 1.87. The quantitative estimate of drug-likeness (QED) is 0.561. The first kappa shape index (κ1) is 19.4. The first-order valence-corrected chi connectivity index (χ1v) is 9.54. The SMILES string of the molecule is CCNC(=NCC1CCN(c2ccccc2OC)C1)NCCC(C)C. The maximum Gasteiger partial charge on any atom is 0.191 e. The van der Waals surface area contributed by atoms with Crippen molar-refractivity contribution in [1.29, 1.82) is 0 Å². The Kier molecular flexibility index (Phi) is 7.89. The van der Waals surface area contributed by atoms with Crippen molar-refractivity contribution in [3.63, 3.8) is 0 Å². The van der Waals surface area contributed by atoms with E-state index in [2.05, 4.69) is 48.4 Å². The highest BCUT2D eigenvalue weighted by Crippen LogP contribution is 2.31. The van der Waals surface area contributed by atoms with Crippen molar-refractivity contribution in [2.45, 2.75) is 33.6 Å². The molecule has 25 heavy (non-hydrogen) atoms. The number of nitrogens with one attached hydrogen (secondary N) is 2. The van der Waals surface area contributed by atoms with Gasteiger partial charge in [-0.05, 0) is 43.7 Å². The van der Waals surface area contributed by atoms with Gasteiger partial charge >= 0.3 is 0 Å². The molecule has 0 saturated carbocycles. The number of benzene rings is 1. The van der Waals surface area contributed by atoms with E-state index in [0.29, 0.717) is 11.8 Å². The second kappa shape index (κ2) is 10.2. The molecule has 1 atom stereocenters. The summed E-state index contributed by atoms with van der Waals surface area (Å²) in [5.74, 6) is 3.19. The summed E-state index contributed by atoms with van der Waals surface area (Å²) in [6.07, 6.45) is 2.34. The number of anilines is 1. The van der Waals surface area contributed by atoms with Crippen LogP contribution in [0.5, 0.6) is 5.75 Å². The molecule has 5 heteroatoms. The van der Waals surface area contributed by atoms with E-state index < -0.39 is 0 Å². The van der Waals surface area contributed by atoms with Crippen LogP contribution >= 0.6 is 0 Å². The Labute approximate surface area is 152 Å². The smallest absolute Gasteiger partial charge is 0.191 e. The molecular formula is C20H34N4O. The van der Waals surface area contributed by atoms with Crippen molar-refractivity contribution in [3.05, 3.63) is 24.3 Å². The first-order chi connectivity index (χ1) is 12.1. The summed E-state index contributed by atoms with van der Waals surface area (Å²) in [7, 11) is 1.74. The number of ether oxygens (including phenoxy) is 1. The van der Waals surface area contributed by atoms with E-state index in [9.17, 15) is 0 Å². The largest absolute Gasteiger partial charge is 0.495 e. The summed E-state index contributed by atoms with van der Waals surface area (Å²) in [4.78, 5) is 7.21. The van der Waals surface area contributed by atoms with Crippen molar-refractivity contribution in [2.75, 3.05) is 44.7 Å². The lowest BCUT2D eigenvalue weighted by atomic mass is 10.1. The molecule has 0 radical (unpaired) electrons. The van der Waals surface area contributed by atoms with E-state index in [-0.39, 0.29) is 0 Å². The second-order valence-electron chi connectivity index (χ2n) is 7.10. The average Bonchev–Trinajstić information content (AvgIpc) is 3.08. The molecule has 5 nitrogen and oxygen atoms in total. The summed E-state index contributed by atoms with van der Waals surface area (Å²) in [5.41, 5.74) is 1.19. The molecule has 140 valence electrons. The van der Waals surface area contributed by atoms with Gasteiger partial charge in [0.2, 0.25) is 0 Å². The van der Waals surface area contributed by atoms with E-state index >= 15 is 0 Å². The minimum absolute atomic E-state index is 0.588. The summed E-state index contributed by atoms with van der Waals surface area (Å²) in [6.45, 7) is 11.4. The van der Waals surface area contributed by atoms with Crippen LogP contribution in [0.1, 0.15) is 33.6 Å². The molecule has 1 aromatic rings. The third-order valence-electron chi connectivity index (χ3n) is 4.58. The zero-order valence-corrected chi connectivity index (χ0v) is 16.2. The third kappa shape index (κ3) is 6.15. The molecule has 1 aromatic carbocycles. The van der Waals surface area contributed by atoms with Gasteiger partial charge in [0.05, 0.1) is 12.8 Å². The first-order valence-electron chi connectivity index (χ1n) is 9.54. The molecule has 1 aliphatic heterocycles. The molecule has 1 fully saturated rings. The molecule has 2 N–H and O–H groups in total. The number of nitrogens with zero attached hydrogens (tertiary/aromatic N) is 2. The maximum atomic E-state index is 5.50. The highest BCUT2D eigenvalue weighted by Gasteiger charge is 2.24. The summed E-state index contributed by atoms with van der Waals surface area (Å²) >= 11 is 0. The van der Waals surface area contributed by atoms with Crippen LogP contribution in [0.3, 0.4) is 0 Å². The Hall–Kier alpha value is -1.91. The number of hydrogen-bond donors (Lipinski definition) is 2. The molecule has 1 unspecified atom stereocenters. The molecule has 2 rings (SSSR count). The molecule has 0 amide bonds. The van der Waals surface area contributed by atoms with Gasteiger partial charge in [-0.1, -0.05) is 26.0 Å². The Bertz CT molecular complexity index is 544. The van der Waals surface area contributed by atoms with Crippen LogP contribution in [-0.2, 0) is 0 Å². The summed E-state index contributed by atoms with van der Waals surface area (Å²) < 4.78 is 5.50. The highest BCUT2D eigenvalue weighted by molar-refractivity contribution is 5.79. The zero-order chi connectivity index (χ0) is 18.1. The van der Waals surface area contributed by atoms with Crippen LogP contribution in [-0.4, -0.2) is 45.8 Å². The average molecular weight is 347 g/mol. The maximum absolute atomic E-state index is 5.50. The Morgan fingerprint density at radius 2 is 2.12 bits per heavy atom. The molecule has 0 spiro atoms. The third-order valence-corrected chi connectivity index (χ3v) is 4.58. The lowest BCUT2D eigenvalue weighted by Gasteiger charge is -2.21. The van der Waals surface area contributed by atoms with Gasteiger partial charge in [0.1, 0.15) is 5.75 Å². The number of guanidine groups is 1. The monoisotopic (exact) mass is 346 g/mol. The molecule has 1 aliphatic rings. The zero-order valence-electron chi connectivity index (χ0n) is 16.2. The van der Waals surface area contributed by atoms with Crippen LogP contribution in [0.2, 0.25) is 0 Å². The van der Waals surface area contributed by atoms with E-state index in [1.54, 1.807) is 7.11 Å². The number of hydrogen-bond acceptors (Lipinski definition) is 3. The topological polar surface area (TPSA) is 48.9 Å². The van der Waals surface area contributed by atoms with Crippen molar-refractivity contribution in [2.24, 2.45) is 16.8 Å². The lowest BCUT2D eigenvalue weighted by molar-refractivity contribution is 0.414. The molecule has 0 bridgehead atoms. The second-order valence-corrected chi connectivity index (χ2v) is 7.10. The van der Waals surface area contributed by atoms with Crippen LogP contribution in [0.25, 0.3) is 0 Å². The predicted octanol–water partition coefficient (Wildman–Crippen LogP) is 3.12. The molecular weight excluding hydrogens is 312 g/mol. The van der Waals surface area contributed by atoms with Crippen molar-refractivity contribution >= 4 is 11.6 Å². The lowest BCUT2D eigenvalue weighted by Crippen LogP contribution is -2.38. The fraction of sp³-hybridized carbons (Fsp3) is 0.650. The van der Waals surface area contributed by atoms with E-state index in [0.717, 1.165) is 50.9 Å². The minimum atomic E-state index is 0.588. The van der Waals surface area contributed by atoms with Crippen molar-refractivity contribution in [3.8, 4) is 5.75 Å². The van der Waals surface area contributed by atoms with Crippen molar-refractivity contribution < 1.29 is 4.74 Å². The molecule has 1 saturated heterocycles. The highest BCUT2D eigenvalue weighted by atomic mass is 16.5. The minimum Gasteiger partial charge on any atom is -0.495 e. The van der Waals surface area contributed by atoms with Crippen LogP contribution in [0.4, 0.5) is 5.69 Å². The van der Waals surface area contributed by atoms with Gasteiger partial charge in [0, 0.05) is 32.7 Å². The van der Waals surface area contributed by atoms with Gasteiger partial charge in [-0.3, -0.25) is 4.99 Å². The van der Waals surface area contributed by atoms with Crippen molar-refractivity contribution in [1.82, 2.24) is 10.6 Å². The molecule has 1 heterocycles. The van der Waals surface area contributed by atoms with Crippen LogP contribution < -0.4 is 20.3 Å². The number of rotatable bonds is 8. The number of aliphatic imine (C=N–C) groups is 1. The Morgan fingerprint density at radius 3 is 2.84 bits per heavy atom. The normalized spacial score (nSPS) is 17.9. The standard InChI is InChI=1S/C20H34N4O/c1-5-21-20(22-12-10-16(2)3)23-14-17-11-13-24(15-17)18-8-6-7-9-19(18)25-4/h6-9,16-17H,5,10-15H2,1-4H3,(H2,21,22,23). The fourth-order valence-electron chi connectivity index (χ4n) is 3.13. The van der Waals surface area contributed by atoms with Gasteiger partial charge in [-0.25, -0.2) is 0 Å². The Morgan fingerprint density at radius 1 is 1.32 bits per heavy atom. The van der Waals surface area contributed by atoms with Gasteiger partial charge in [0.25, 0.3) is 0 Å².